The number of hydrogen-bond donors (Lipinski definition) is 0. The van der Waals surface area contributed by atoms with Gasteiger partial charge in [0.2, 0.25) is 9.84 Å². The second kappa shape index (κ2) is 7.35. The van der Waals surface area contributed by atoms with Gasteiger partial charge in [-0.25, -0.2) is 8.42 Å². The summed E-state index contributed by atoms with van der Waals surface area (Å²) in [4.78, 5) is 30.9. The monoisotopic (exact) mass is 472 g/mol. The van der Waals surface area contributed by atoms with Gasteiger partial charge in [0, 0.05) is 40.9 Å². The molecule has 0 unspecified atom stereocenters. The predicted molar refractivity (Wildman–Crippen MR) is 128 cm³/mol. The van der Waals surface area contributed by atoms with E-state index in [0.717, 1.165) is 30.8 Å². The molecule has 0 N–H and O–H groups in total. The molecule has 6 nitrogen and oxygen atoms in total. The van der Waals surface area contributed by atoms with Gasteiger partial charge in [-0.2, -0.15) is 0 Å². The summed E-state index contributed by atoms with van der Waals surface area (Å²) in [6, 6.07) is 16.9. The lowest BCUT2D eigenvalue weighted by atomic mass is 9.88. The number of nitrogens with zero attached hydrogens (tertiary/aromatic N) is 2. The summed E-state index contributed by atoms with van der Waals surface area (Å²) in [6.07, 6.45) is 0.843. The summed E-state index contributed by atoms with van der Waals surface area (Å²) in [5, 5.41) is 0. The quantitative estimate of drug-likeness (QED) is 0.421. The molecule has 3 aromatic rings. The van der Waals surface area contributed by atoms with Crippen LogP contribution >= 0.6 is 0 Å². The Kier molecular flexibility index (Phi) is 4.60. The van der Waals surface area contributed by atoms with Crippen molar-refractivity contribution in [3.63, 3.8) is 0 Å². The zero-order valence-corrected chi connectivity index (χ0v) is 19.8. The first-order valence-electron chi connectivity index (χ1n) is 11.4. The van der Waals surface area contributed by atoms with Crippen LogP contribution in [0.3, 0.4) is 0 Å². The zero-order valence-electron chi connectivity index (χ0n) is 19.0. The van der Waals surface area contributed by atoms with Gasteiger partial charge in [0.25, 0.3) is 5.91 Å². The van der Waals surface area contributed by atoms with E-state index < -0.39 is 9.84 Å². The summed E-state index contributed by atoms with van der Waals surface area (Å²) in [6.45, 7) is 3.81. The Balaban J connectivity index is 1.46. The Morgan fingerprint density at radius 1 is 0.971 bits per heavy atom. The van der Waals surface area contributed by atoms with Gasteiger partial charge < -0.3 is 9.80 Å². The molecule has 3 aliphatic rings. The molecule has 0 saturated carbocycles. The Morgan fingerprint density at radius 3 is 2.56 bits per heavy atom. The molecule has 2 atom stereocenters. The summed E-state index contributed by atoms with van der Waals surface area (Å²) in [7, 11) is -1.81. The maximum absolute atomic E-state index is 13.9. The average molecular weight is 473 g/mol. The molecule has 3 heterocycles. The van der Waals surface area contributed by atoms with Crippen molar-refractivity contribution in [2.75, 3.05) is 25.0 Å². The van der Waals surface area contributed by atoms with Gasteiger partial charge in [0.1, 0.15) is 0 Å². The highest BCUT2D eigenvalue weighted by atomic mass is 32.2. The molecule has 1 amide bonds. The fourth-order valence-electron chi connectivity index (χ4n) is 5.70. The van der Waals surface area contributed by atoms with Crippen LogP contribution in [0.1, 0.15) is 49.7 Å². The number of sulfone groups is 1. The fraction of sp³-hybridized carbons (Fsp3) is 0.259. The van der Waals surface area contributed by atoms with Crippen molar-refractivity contribution in [3.05, 3.63) is 88.5 Å². The van der Waals surface area contributed by atoms with Gasteiger partial charge in [-0.3, -0.25) is 9.59 Å². The molecule has 3 aliphatic heterocycles. The number of likely N-dealkylation sites (N-methyl/N-ethyl adjacent to an activating group) is 1. The molecule has 0 radical (unpaired) electrons. The lowest BCUT2D eigenvalue weighted by Crippen LogP contribution is -2.47. The van der Waals surface area contributed by atoms with Crippen LogP contribution in [-0.2, 0) is 9.84 Å². The van der Waals surface area contributed by atoms with E-state index in [2.05, 4.69) is 24.9 Å². The molecule has 34 heavy (non-hydrogen) atoms. The average Bonchev–Trinajstić information content (AvgIpc) is 3.14. The van der Waals surface area contributed by atoms with Crippen molar-refractivity contribution < 1.29 is 18.0 Å². The number of rotatable bonds is 1. The number of piperidine rings is 1. The number of fused-ring (bicyclic) bond motifs is 5. The van der Waals surface area contributed by atoms with Crippen LogP contribution in [0.4, 0.5) is 5.69 Å². The first-order chi connectivity index (χ1) is 16.3. The first kappa shape index (κ1) is 21.3. The molecular formula is C27H24N2O4S. The molecule has 0 bridgehead atoms. The standard InChI is InChI=1S/C27H24N2O4S/c1-16-7-10-22-20(13-16)21-15-28(2)12-11-23(21)29(22)27(31)17-8-9-19-25(14-17)34(32,33)24-6-4-3-5-18(24)26(19)30/h3-10,13-14,21,23H,11-12,15H2,1-2H3/t21-,23+/m0/s1. The number of likely N-dealkylation sites (tertiary alicyclic amines) is 1. The summed E-state index contributed by atoms with van der Waals surface area (Å²) in [5.74, 6) is -0.351. The molecule has 6 rings (SSSR count). The minimum absolute atomic E-state index is 0.00512. The van der Waals surface area contributed by atoms with Gasteiger partial charge in [-0.15, -0.1) is 0 Å². The van der Waals surface area contributed by atoms with Gasteiger partial charge in [0.15, 0.2) is 5.78 Å². The summed E-state index contributed by atoms with van der Waals surface area (Å²) >= 11 is 0. The van der Waals surface area contributed by atoms with E-state index in [9.17, 15) is 18.0 Å². The third kappa shape index (κ3) is 2.93. The third-order valence-corrected chi connectivity index (χ3v) is 9.21. The van der Waals surface area contributed by atoms with E-state index in [1.54, 1.807) is 18.2 Å². The van der Waals surface area contributed by atoms with Crippen LogP contribution < -0.4 is 4.90 Å². The zero-order chi connectivity index (χ0) is 23.8. The molecule has 1 saturated heterocycles. The van der Waals surface area contributed by atoms with E-state index in [-0.39, 0.29) is 50.1 Å². The van der Waals surface area contributed by atoms with Crippen molar-refractivity contribution >= 4 is 27.2 Å². The highest BCUT2D eigenvalue weighted by Crippen LogP contribution is 2.46. The minimum Gasteiger partial charge on any atom is -0.306 e. The molecule has 1 fully saturated rings. The Bertz CT molecular complexity index is 1490. The maximum Gasteiger partial charge on any atom is 0.258 e. The number of amides is 1. The largest absolute Gasteiger partial charge is 0.306 e. The number of hydrogen-bond acceptors (Lipinski definition) is 5. The van der Waals surface area contributed by atoms with E-state index in [1.807, 2.05) is 17.0 Å². The molecule has 3 aromatic carbocycles. The summed E-state index contributed by atoms with van der Waals surface area (Å²) in [5.41, 5.74) is 3.78. The maximum atomic E-state index is 13.9. The van der Waals surface area contributed by atoms with Crippen molar-refractivity contribution in [1.82, 2.24) is 4.90 Å². The van der Waals surface area contributed by atoms with Gasteiger partial charge in [-0.1, -0.05) is 29.8 Å². The number of benzene rings is 3. The molecular weight excluding hydrogens is 448 g/mol. The highest BCUT2D eigenvalue weighted by molar-refractivity contribution is 7.91. The van der Waals surface area contributed by atoms with Crippen molar-refractivity contribution in [2.24, 2.45) is 0 Å². The number of aryl methyl sites for hydroxylation is 1. The lowest BCUT2D eigenvalue weighted by molar-refractivity contribution is 0.0962. The SMILES string of the molecule is Cc1ccc2c(c1)[C@@H]1CN(C)CC[C@H]1N2C(=O)c1ccc2c(c1)S(=O)(=O)c1ccccc1C2=O. The summed E-state index contributed by atoms with van der Waals surface area (Å²) < 4.78 is 26.7. The first-order valence-corrected chi connectivity index (χ1v) is 12.9. The second-order valence-corrected chi connectivity index (χ2v) is 11.4. The normalized spacial score (nSPS) is 22.5. The van der Waals surface area contributed by atoms with Crippen LogP contribution in [0.5, 0.6) is 0 Å². The van der Waals surface area contributed by atoms with E-state index in [0.29, 0.717) is 0 Å². The van der Waals surface area contributed by atoms with Gasteiger partial charge >= 0.3 is 0 Å². The molecule has 0 aromatic heterocycles. The van der Waals surface area contributed by atoms with Crippen molar-refractivity contribution in [1.29, 1.82) is 0 Å². The predicted octanol–water partition coefficient (Wildman–Crippen LogP) is 3.82. The molecule has 7 heteroatoms. The Hall–Kier alpha value is -3.29. The Labute approximate surface area is 198 Å². The fourth-order valence-corrected chi connectivity index (χ4v) is 7.38. The molecule has 172 valence electrons. The van der Waals surface area contributed by atoms with Crippen LogP contribution in [0, 0.1) is 6.92 Å². The smallest absolute Gasteiger partial charge is 0.258 e. The number of carbonyl (C=O) groups excluding carboxylic acids is 2. The number of carbonyl (C=O) groups is 2. The van der Waals surface area contributed by atoms with Crippen LogP contribution in [0.15, 0.2) is 70.5 Å². The third-order valence-electron chi connectivity index (χ3n) is 7.36. The van der Waals surface area contributed by atoms with Crippen LogP contribution in [0.25, 0.3) is 0 Å². The number of ketones is 1. The molecule has 0 spiro atoms. The Morgan fingerprint density at radius 2 is 1.74 bits per heavy atom. The van der Waals surface area contributed by atoms with Gasteiger partial charge in [-0.05, 0) is 68.9 Å². The lowest BCUT2D eigenvalue weighted by Gasteiger charge is -2.36. The van der Waals surface area contributed by atoms with Crippen molar-refractivity contribution in [3.8, 4) is 0 Å². The van der Waals surface area contributed by atoms with E-state index in [4.69, 9.17) is 0 Å². The molecule has 0 aliphatic carbocycles. The number of anilines is 1. The van der Waals surface area contributed by atoms with Crippen LogP contribution in [-0.4, -0.2) is 51.2 Å². The highest BCUT2D eigenvalue weighted by Gasteiger charge is 2.44. The van der Waals surface area contributed by atoms with E-state index in [1.165, 1.54) is 29.8 Å². The van der Waals surface area contributed by atoms with E-state index >= 15 is 0 Å². The second-order valence-electron chi connectivity index (χ2n) is 9.50. The minimum atomic E-state index is -3.91. The van der Waals surface area contributed by atoms with Crippen LogP contribution in [0.2, 0.25) is 0 Å². The van der Waals surface area contributed by atoms with Crippen molar-refractivity contribution in [2.45, 2.75) is 35.1 Å². The topological polar surface area (TPSA) is 74.8 Å². The van der Waals surface area contributed by atoms with Gasteiger partial charge in [0.05, 0.1) is 9.79 Å².